The summed E-state index contributed by atoms with van der Waals surface area (Å²) < 4.78 is 0. The fraction of sp³-hybridized carbons (Fsp3) is 0.667. The molecule has 1 aromatic rings. The monoisotopic (exact) mass is 391 g/mol. The summed E-state index contributed by atoms with van der Waals surface area (Å²) in [6.45, 7) is 5.85. The molecule has 6 atom stereocenters. The van der Waals surface area contributed by atoms with Crippen molar-refractivity contribution < 1.29 is 4.79 Å². The molecule has 5 rings (SSSR count). The SMILES string of the molecule is CC12CCC3C(CC=C4CC(NCc5ccccc5)CCC43C)C1CCCC2=O. The maximum Gasteiger partial charge on any atom is 0.139 e. The number of ketones is 1. The second kappa shape index (κ2) is 7.38. The summed E-state index contributed by atoms with van der Waals surface area (Å²) in [4.78, 5) is 12.8. The van der Waals surface area contributed by atoms with E-state index in [1.165, 1.54) is 44.1 Å². The molecule has 0 aliphatic heterocycles. The van der Waals surface area contributed by atoms with Gasteiger partial charge in [-0.25, -0.2) is 0 Å². The first-order valence-corrected chi connectivity index (χ1v) is 12.0. The summed E-state index contributed by atoms with van der Waals surface area (Å²) >= 11 is 0. The number of Topliss-reactive ketones (excluding diaryl/α,β-unsaturated/α-hetero) is 1. The van der Waals surface area contributed by atoms with Crippen LogP contribution < -0.4 is 5.32 Å². The number of hydrogen-bond donors (Lipinski definition) is 1. The van der Waals surface area contributed by atoms with Crippen LogP contribution in [0.25, 0.3) is 0 Å². The van der Waals surface area contributed by atoms with Gasteiger partial charge in [0.05, 0.1) is 0 Å². The van der Waals surface area contributed by atoms with Crippen LogP contribution >= 0.6 is 0 Å². The first kappa shape index (κ1) is 19.5. The number of carbonyl (C=O) groups is 1. The lowest BCUT2D eigenvalue weighted by atomic mass is 9.45. The Balaban J connectivity index is 1.31. The molecule has 0 spiro atoms. The number of carbonyl (C=O) groups excluding carboxylic acids is 1. The van der Waals surface area contributed by atoms with Crippen molar-refractivity contribution >= 4 is 5.78 Å². The molecular weight excluding hydrogens is 354 g/mol. The van der Waals surface area contributed by atoms with Crippen LogP contribution in [0.3, 0.4) is 0 Å². The van der Waals surface area contributed by atoms with Crippen LogP contribution in [-0.2, 0) is 11.3 Å². The van der Waals surface area contributed by atoms with Gasteiger partial charge in [-0.05, 0) is 80.1 Å². The third-order valence-corrected chi connectivity index (χ3v) is 9.49. The Labute approximate surface area is 176 Å². The second-order valence-electron chi connectivity index (χ2n) is 10.8. The van der Waals surface area contributed by atoms with Gasteiger partial charge in [-0.15, -0.1) is 0 Å². The van der Waals surface area contributed by atoms with E-state index >= 15 is 0 Å². The van der Waals surface area contributed by atoms with E-state index in [2.05, 4.69) is 55.6 Å². The standard InChI is InChI=1S/C27H37NO/c1-26-15-13-21(28-18-19-7-4-3-5-8-19)17-20(26)11-12-22-23-9-6-10-25(29)27(23,2)16-14-24(22)26/h3-5,7-8,11,21-24,28H,6,9-10,12-18H2,1-2H3. The molecule has 1 aromatic carbocycles. The molecule has 2 nitrogen and oxygen atoms in total. The highest BCUT2D eigenvalue weighted by molar-refractivity contribution is 5.85. The van der Waals surface area contributed by atoms with E-state index in [0.717, 1.165) is 37.6 Å². The maximum atomic E-state index is 12.8. The van der Waals surface area contributed by atoms with Gasteiger partial charge in [-0.2, -0.15) is 0 Å². The zero-order valence-electron chi connectivity index (χ0n) is 18.3. The number of allylic oxidation sites excluding steroid dienone is 1. The summed E-state index contributed by atoms with van der Waals surface area (Å²) in [6.07, 6.45) is 13.3. The Bertz CT molecular complexity index is 798. The number of nitrogens with one attached hydrogen (secondary N) is 1. The van der Waals surface area contributed by atoms with E-state index < -0.39 is 0 Å². The van der Waals surface area contributed by atoms with Crippen molar-refractivity contribution in [3.05, 3.63) is 47.5 Å². The van der Waals surface area contributed by atoms with Gasteiger partial charge in [-0.1, -0.05) is 55.8 Å². The van der Waals surface area contributed by atoms with Gasteiger partial charge in [-0.3, -0.25) is 4.79 Å². The number of rotatable bonds is 3. The molecule has 3 saturated carbocycles. The highest BCUT2D eigenvalue weighted by Gasteiger charge is 2.57. The van der Waals surface area contributed by atoms with Gasteiger partial charge < -0.3 is 5.32 Å². The van der Waals surface area contributed by atoms with E-state index in [9.17, 15) is 4.79 Å². The molecule has 1 N–H and O–H groups in total. The Morgan fingerprint density at radius 1 is 1.00 bits per heavy atom. The van der Waals surface area contributed by atoms with Crippen molar-refractivity contribution in [2.75, 3.05) is 0 Å². The Kier molecular flexibility index (Phi) is 4.97. The molecule has 4 aliphatic carbocycles. The molecule has 3 fully saturated rings. The minimum atomic E-state index is -0.0183. The number of hydrogen-bond acceptors (Lipinski definition) is 2. The van der Waals surface area contributed by atoms with Gasteiger partial charge >= 0.3 is 0 Å². The number of benzene rings is 1. The third-order valence-electron chi connectivity index (χ3n) is 9.49. The molecule has 0 saturated heterocycles. The Hall–Kier alpha value is -1.41. The highest BCUT2D eigenvalue weighted by atomic mass is 16.1. The predicted molar refractivity (Wildman–Crippen MR) is 118 cm³/mol. The molecule has 156 valence electrons. The first-order valence-electron chi connectivity index (χ1n) is 12.0. The summed E-state index contributed by atoms with van der Waals surface area (Å²) in [5.41, 5.74) is 3.46. The summed E-state index contributed by atoms with van der Waals surface area (Å²) in [7, 11) is 0. The van der Waals surface area contributed by atoms with Gasteiger partial charge in [0.2, 0.25) is 0 Å². The van der Waals surface area contributed by atoms with Crippen molar-refractivity contribution in [1.29, 1.82) is 0 Å². The summed E-state index contributed by atoms with van der Waals surface area (Å²) in [6, 6.07) is 11.4. The normalized spacial score (nSPS) is 41.7. The molecule has 29 heavy (non-hydrogen) atoms. The van der Waals surface area contributed by atoms with Crippen molar-refractivity contribution in [2.45, 2.75) is 84.2 Å². The van der Waals surface area contributed by atoms with Crippen molar-refractivity contribution in [2.24, 2.45) is 28.6 Å². The lowest BCUT2D eigenvalue weighted by molar-refractivity contribution is -0.144. The van der Waals surface area contributed by atoms with Crippen LogP contribution in [0.15, 0.2) is 42.0 Å². The highest BCUT2D eigenvalue weighted by Crippen LogP contribution is 2.63. The Morgan fingerprint density at radius 2 is 1.76 bits per heavy atom. The van der Waals surface area contributed by atoms with Crippen LogP contribution in [0.1, 0.15) is 77.2 Å². The van der Waals surface area contributed by atoms with Gasteiger partial charge in [0.25, 0.3) is 0 Å². The summed E-state index contributed by atoms with van der Waals surface area (Å²) in [5, 5.41) is 3.83. The fourth-order valence-electron chi connectivity index (χ4n) is 7.66. The number of fused-ring (bicyclic) bond motifs is 5. The average molecular weight is 392 g/mol. The van der Waals surface area contributed by atoms with Crippen molar-refractivity contribution in [3.8, 4) is 0 Å². The lowest BCUT2D eigenvalue weighted by Crippen LogP contribution is -2.54. The quantitative estimate of drug-likeness (QED) is 0.634. The van der Waals surface area contributed by atoms with E-state index in [4.69, 9.17) is 0 Å². The van der Waals surface area contributed by atoms with Gasteiger partial charge in [0.15, 0.2) is 0 Å². The first-order chi connectivity index (χ1) is 14.0. The molecule has 0 heterocycles. The lowest BCUT2D eigenvalue weighted by Gasteiger charge is -2.59. The van der Waals surface area contributed by atoms with Crippen molar-refractivity contribution in [1.82, 2.24) is 5.32 Å². The zero-order chi connectivity index (χ0) is 20.1. The maximum absolute atomic E-state index is 12.8. The average Bonchev–Trinajstić information content (AvgIpc) is 2.73. The van der Waals surface area contributed by atoms with Gasteiger partial charge in [0.1, 0.15) is 5.78 Å². The van der Waals surface area contributed by atoms with Gasteiger partial charge in [0, 0.05) is 24.4 Å². The minimum Gasteiger partial charge on any atom is -0.310 e. The Morgan fingerprint density at radius 3 is 2.59 bits per heavy atom. The van der Waals surface area contributed by atoms with Crippen LogP contribution in [0.4, 0.5) is 0 Å². The van der Waals surface area contributed by atoms with Crippen molar-refractivity contribution in [3.63, 3.8) is 0 Å². The minimum absolute atomic E-state index is 0.0183. The smallest absolute Gasteiger partial charge is 0.139 e. The molecular formula is C27H37NO. The molecule has 0 bridgehead atoms. The topological polar surface area (TPSA) is 29.1 Å². The van der Waals surface area contributed by atoms with E-state index in [1.54, 1.807) is 5.57 Å². The van der Waals surface area contributed by atoms with Crippen LogP contribution in [0.2, 0.25) is 0 Å². The fourth-order valence-corrected chi connectivity index (χ4v) is 7.66. The third kappa shape index (κ3) is 3.23. The van der Waals surface area contributed by atoms with Crippen LogP contribution in [-0.4, -0.2) is 11.8 Å². The van der Waals surface area contributed by atoms with Crippen LogP contribution in [0.5, 0.6) is 0 Å². The largest absolute Gasteiger partial charge is 0.310 e. The molecule has 4 aliphatic rings. The van der Waals surface area contributed by atoms with E-state index in [1.807, 2.05) is 0 Å². The molecule has 6 unspecified atom stereocenters. The second-order valence-corrected chi connectivity index (χ2v) is 10.8. The molecule has 0 amide bonds. The van der Waals surface area contributed by atoms with E-state index in [-0.39, 0.29) is 5.41 Å². The zero-order valence-corrected chi connectivity index (χ0v) is 18.3. The molecule has 2 heteroatoms. The van der Waals surface area contributed by atoms with Crippen LogP contribution in [0, 0.1) is 28.6 Å². The predicted octanol–water partition coefficient (Wildman–Crippen LogP) is 6.07. The molecule has 0 aromatic heterocycles. The van der Waals surface area contributed by atoms with E-state index in [0.29, 0.717) is 23.2 Å². The summed E-state index contributed by atoms with van der Waals surface area (Å²) in [5.74, 6) is 2.73. The molecule has 0 radical (unpaired) electrons.